The molecular formula is C14H13ClN2O5. The molecule has 0 bridgehead atoms. The number of aromatic nitrogens is 2. The molecule has 2 aromatic rings. The maximum absolute atomic E-state index is 11.0. The van der Waals surface area contributed by atoms with Crippen LogP contribution in [0.5, 0.6) is 17.2 Å². The Labute approximate surface area is 130 Å². The lowest BCUT2D eigenvalue weighted by Crippen LogP contribution is -1.99. The number of carboxylic acid groups (broad SMARTS) is 1. The SMILES string of the molecule is COc1c(Cl)cc2c(c1-c1cc(C(=O)O)[nH]n1)OCCCO2. The minimum Gasteiger partial charge on any atom is -0.494 e. The normalized spacial score (nSPS) is 13.5. The first kappa shape index (κ1) is 14.5. The maximum Gasteiger partial charge on any atom is 0.353 e. The van der Waals surface area contributed by atoms with E-state index in [-0.39, 0.29) is 5.69 Å². The number of rotatable bonds is 3. The van der Waals surface area contributed by atoms with E-state index in [2.05, 4.69) is 10.2 Å². The quantitative estimate of drug-likeness (QED) is 0.901. The molecule has 0 spiro atoms. The third-order valence-corrected chi connectivity index (χ3v) is 3.49. The van der Waals surface area contributed by atoms with Crippen molar-refractivity contribution in [2.75, 3.05) is 20.3 Å². The lowest BCUT2D eigenvalue weighted by molar-refractivity contribution is 0.0690. The fraction of sp³-hybridized carbons (Fsp3) is 0.286. The van der Waals surface area contributed by atoms with Crippen LogP contribution in [0.1, 0.15) is 16.9 Å². The van der Waals surface area contributed by atoms with Gasteiger partial charge in [-0.3, -0.25) is 5.10 Å². The number of H-pyrrole nitrogens is 1. The van der Waals surface area contributed by atoms with Crippen molar-refractivity contribution in [3.8, 4) is 28.5 Å². The predicted molar refractivity (Wildman–Crippen MR) is 78.2 cm³/mol. The van der Waals surface area contributed by atoms with Crippen molar-refractivity contribution >= 4 is 17.6 Å². The molecule has 1 aliphatic heterocycles. The summed E-state index contributed by atoms with van der Waals surface area (Å²) >= 11 is 6.22. The fourth-order valence-electron chi connectivity index (χ4n) is 2.25. The average molecular weight is 325 g/mol. The molecule has 3 rings (SSSR count). The number of aromatic carboxylic acids is 1. The second kappa shape index (κ2) is 5.76. The largest absolute Gasteiger partial charge is 0.494 e. The number of fused-ring (bicyclic) bond motifs is 1. The lowest BCUT2D eigenvalue weighted by atomic mass is 10.1. The van der Waals surface area contributed by atoms with Gasteiger partial charge in [0.1, 0.15) is 11.4 Å². The van der Waals surface area contributed by atoms with Crippen molar-refractivity contribution < 1.29 is 24.1 Å². The van der Waals surface area contributed by atoms with Crippen molar-refractivity contribution in [2.45, 2.75) is 6.42 Å². The van der Waals surface area contributed by atoms with Gasteiger partial charge in [0, 0.05) is 12.5 Å². The molecule has 116 valence electrons. The van der Waals surface area contributed by atoms with Crippen LogP contribution in [0.2, 0.25) is 5.02 Å². The highest BCUT2D eigenvalue weighted by Gasteiger charge is 2.26. The van der Waals surface area contributed by atoms with E-state index < -0.39 is 5.97 Å². The Kier molecular flexibility index (Phi) is 3.81. The number of nitrogens with zero attached hydrogens (tertiary/aromatic N) is 1. The summed E-state index contributed by atoms with van der Waals surface area (Å²) in [5.41, 5.74) is 0.787. The van der Waals surface area contributed by atoms with E-state index in [0.29, 0.717) is 46.7 Å². The lowest BCUT2D eigenvalue weighted by Gasteiger charge is -2.16. The minimum atomic E-state index is -1.11. The number of hydrogen-bond donors (Lipinski definition) is 2. The van der Waals surface area contributed by atoms with Crippen LogP contribution in [0.3, 0.4) is 0 Å². The zero-order chi connectivity index (χ0) is 15.7. The van der Waals surface area contributed by atoms with Gasteiger partial charge in [0.05, 0.1) is 30.9 Å². The topological polar surface area (TPSA) is 93.7 Å². The summed E-state index contributed by atoms with van der Waals surface area (Å²) in [4.78, 5) is 11.0. The Balaban J connectivity index is 2.22. The van der Waals surface area contributed by atoms with Gasteiger partial charge in [-0.05, 0) is 6.07 Å². The molecule has 2 N–H and O–H groups in total. The number of benzene rings is 1. The third-order valence-electron chi connectivity index (χ3n) is 3.21. The van der Waals surface area contributed by atoms with Crippen LogP contribution < -0.4 is 14.2 Å². The predicted octanol–water partition coefficient (Wildman–Crippen LogP) is 2.60. The molecular weight excluding hydrogens is 312 g/mol. The van der Waals surface area contributed by atoms with Gasteiger partial charge in [-0.1, -0.05) is 11.6 Å². The van der Waals surface area contributed by atoms with Crippen molar-refractivity contribution in [1.82, 2.24) is 10.2 Å². The van der Waals surface area contributed by atoms with Crippen molar-refractivity contribution in [2.24, 2.45) is 0 Å². The first-order valence-electron chi connectivity index (χ1n) is 6.57. The Bertz CT molecular complexity index is 728. The second-order valence-electron chi connectivity index (χ2n) is 4.62. The summed E-state index contributed by atoms with van der Waals surface area (Å²) in [6.07, 6.45) is 0.731. The van der Waals surface area contributed by atoms with Gasteiger partial charge in [0.25, 0.3) is 0 Å². The van der Waals surface area contributed by atoms with Crippen LogP contribution in [0.15, 0.2) is 12.1 Å². The molecule has 0 amide bonds. The van der Waals surface area contributed by atoms with Crippen molar-refractivity contribution in [1.29, 1.82) is 0 Å². The second-order valence-corrected chi connectivity index (χ2v) is 5.02. The monoisotopic (exact) mass is 324 g/mol. The van der Waals surface area contributed by atoms with Crippen LogP contribution in [-0.2, 0) is 0 Å². The zero-order valence-electron chi connectivity index (χ0n) is 11.7. The van der Waals surface area contributed by atoms with Crippen molar-refractivity contribution in [3.05, 3.63) is 22.8 Å². The summed E-state index contributed by atoms with van der Waals surface area (Å²) in [5.74, 6) is 0.178. The number of carboxylic acids is 1. The van der Waals surface area contributed by atoms with Crippen LogP contribution in [0.25, 0.3) is 11.3 Å². The number of ether oxygens (including phenoxy) is 3. The smallest absolute Gasteiger partial charge is 0.353 e. The van der Waals surface area contributed by atoms with Gasteiger partial charge in [-0.2, -0.15) is 5.10 Å². The summed E-state index contributed by atoms with van der Waals surface area (Å²) in [7, 11) is 1.47. The average Bonchev–Trinajstić information content (AvgIpc) is 2.86. The van der Waals surface area contributed by atoms with Crippen LogP contribution in [0.4, 0.5) is 0 Å². The Morgan fingerprint density at radius 2 is 2.18 bits per heavy atom. The van der Waals surface area contributed by atoms with E-state index in [1.165, 1.54) is 13.2 Å². The van der Waals surface area contributed by atoms with E-state index in [0.717, 1.165) is 6.42 Å². The van der Waals surface area contributed by atoms with Crippen LogP contribution in [0, 0.1) is 0 Å². The van der Waals surface area contributed by atoms with E-state index in [1.54, 1.807) is 6.07 Å². The molecule has 8 heteroatoms. The molecule has 2 heterocycles. The zero-order valence-corrected chi connectivity index (χ0v) is 12.4. The molecule has 1 aromatic heterocycles. The van der Waals surface area contributed by atoms with Crippen LogP contribution in [-0.4, -0.2) is 41.6 Å². The summed E-state index contributed by atoms with van der Waals surface area (Å²) in [6, 6.07) is 3.01. The van der Waals surface area contributed by atoms with E-state index >= 15 is 0 Å². The molecule has 0 saturated carbocycles. The van der Waals surface area contributed by atoms with Gasteiger partial charge < -0.3 is 19.3 Å². The molecule has 0 radical (unpaired) electrons. The van der Waals surface area contributed by atoms with Gasteiger partial charge in [-0.25, -0.2) is 4.79 Å². The molecule has 1 aliphatic rings. The molecule has 0 unspecified atom stereocenters. The molecule has 1 aromatic carbocycles. The highest BCUT2D eigenvalue weighted by Crippen LogP contribution is 2.48. The van der Waals surface area contributed by atoms with E-state index in [4.69, 9.17) is 30.9 Å². The maximum atomic E-state index is 11.0. The summed E-state index contributed by atoms with van der Waals surface area (Å²) < 4.78 is 16.7. The Hall–Kier alpha value is -2.41. The standard InChI is InChI=1S/C14H13ClN2O5/c1-20-12-7(15)5-10-13(22-4-2-3-21-10)11(12)8-6-9(14(18)19)17-16-8/h5-6H,2-4H2,1H3,(H,16,17)(H,18,19). The fourth-order valence-corrected chi connectivity index (χ4v) is 2.52. The highest BCUT2D eigenvalue weighted by molar-refractivity contribution is 6.33. The van der Waals surface area contributed by atoms with Gasteiger partial charge in [-0.15, -0.1) is 0 Å². The number of aromatic amines is 1. The molecule has 0 saturated heterocycles. The summed E-state index contributed by atoms with van der Waals surface area (Å²) in [5, 5.41) is 15.8. The molecule has 22 heavy (non-hydrogen) atoms. The number of methoxy groups -OCH3 is 1. The number of hydrogen-bond acceptors (Lipinski definition) is 5. The molecule has 0 aliphatic carbocycles. The third kappa shape index (κ3) is 2.43. The van der Waals surface area contributed by atoms with E-state index in [9.17, 15) is 4.79 Å². The minimum absolute atomic E-state index is 0.0414. The summed E-state index contributed by atoms with van der Waals surface area (Å²) in [6.45, 7) is 0.983. The molecule has 0 atom stereocenters. The van der Waals surface area contributed by atoms with Gasteiger partial charge in [0.15, 0.2) is 17.2 Å². The molecule has 0 fully saturated rings. The number of carbonyl (C=O) groups is 1. The number of nitrogens with one attached hydrogen (secondary N) is 1. The van der Waals surface area contributed by atoms with Crippen molar-refractivity contribution in [3.63, 3.8) is 0 Å². The first-order valence-corrected chi connectivity index (χ1v) is 6.94. The first-order chi connectivity index (χ1) is 10.6. The van der Waals surface area contributed by atoms with E-state index in [1.807, 2.05) is 0 Å². The van der Waals surface area contributed by atoms with Gasteiger partial charge in [0.2, 0.25) is 0 Å². The number of halogens is 1. The Morgan fingerprint density at radius 3 is 2.86 bits per heavy atom. The van der Waals surface area contributed by atoms with Crippen LogP contribution >= 0.6 is 11.6 Å². The molecule has 7 nitrogen and oxygen atoms in total. The highest BCUT2D eigenvalue weighted by atomic mass is 35.5. The Morgan fingerprint density at radius 1 is 1.41 bits per heavy atom. The van der Waals surface area contributed by atoms with Gasteiger partial charge >= 0.3 is 5.97 Å².